The van der Waals surface area contributed by atoms with E-state index in [1.165, 1.54) is 6.33 Å². The van der Waals surface area contributed by atoms with Gasteiger partial charge in [-0.25, -0.2) is 9.97 Å². The molecule has 48 valence electrons. The predicted octanol–water partition coefficient (Wildman–Crippen LogP) is 0.577. The summed E-state index contributed by atoms with van der Waals surface area (Å²) in [6.07, 6.45) is 5.14. The van der Waals surface area contributed by atoms with Crippen molar-refractivity contribution >= 4 is 38.3 Å². The summed E-state index contributed by atoms with van der Waals surface area (Å²) in [6, 6.07) is 1.91. The largest absolute Gasteiger partial charge is 0.359 e. The summed E-state index contributed by atoms with van der Waals surface area (Å²) in [5.41, 5.74) is 1.95. The SMILES string of the molecule is [Pb].c1ncc2[nH]ccc2n1. The molecule has 0 unspecified atom stereocenters. The molecule has 4 radical (unpaired) electrons. The zero-order chi connectivity index (χ0) is 6.10. The van der Waals surface area contributed by atoms with Crippen LogP contribution in [0.25, 0.3) is 11.0 Å². The Bertz CT molecular complexity index is 287. The van der Waals surface area contributed by atoms with Gasteiger partial charge in [-0.15, -0.1) is 0 Å². The average molecular weight is 326 g/mol. The van der Waals surface area contributed by atoms with E-state index >= 15 is 0 Å². The van der Waals surface area contributed by atoms with E-state index in [0.29, 0.717) is 0 Å². The number of aromatic nitrogens is 3. The van der Waals surface area contributed by atoms with Gasteiger partial charge in [0.05, 0.1) is 17.2 Å². The minimum Gasteiger partial charge on any atom is -0.359 e. The number of fused-ring (bicyclic) bond motifs is 1. The fourth-order valence-electron chi connectivity index (χ4n) is 0.793. The molecule has 0 aromatic carbocycles. The number of aromatic amines is 1. The molecule has 1 N–H and O–H groups in total. The standard InChI is InChI=1S/C6H5N3.Pb/c1-2-8-6-3-7-4-9-5(1)6;/h1-4,8H;. The maximum atomic E-state index is 4.00. The normalized spacial score (nSPS) is 9.20. The number of rotatable bonds is 0. The summed E-state index contributed by atoms with van der Waals surface area (Å²) in [4.78, 5) is 10.8. The van der Waals surface area contributed by atoms with E-state index < -0.39 is 0 Å². The first-order valence-electron chi connectivity index (χ1n) is 2.70. The van der Waals surface area contributed by atoms with Crippen LogP contribution in [0.5, 0.6) is 0 Å². The molecule has 0 aliphatic rings. The van der Waals surface area contributed by atoms with Crippen molar-refractivity contribution in [1.29, 1.82) is 0 Å². The molecule has 0 amide bonds. The third-order valence-electron chi connectivity index (χ3n) is 1.22. The Morgan fingerprint density at radius 2 is 2.30 bits per heavy atom. The molecule has 0 fully saturated rings. The Labute approximate surface area is 78.0 Å². The fourth-order valence-corrected chi connectivity index (χ4v) is 0.793. The van der Waals surface area contributed by atoms with Gasteiger partial charge in [0.1, 0.15) is 6.33 Å². The minimum atomic E-state index is 0. The van der Waals surface area contributed by atoms with Crippen LogP contribution in [-0.2, 0) is 0 Å². The van der Waals surface area contributed by atoms with Gasteiger partial charge in [-0.2, -0.15) is 0 Å². The molecule has 2 heterocycles. The van der Waals surface area contributed by atoms with E-state index in [2.05, 4.69) is 15.0 Å². The Kier molecular flexibility index (Phi) is 2.36. The third-order valence-corrected chi connectivity index (χ3v) is 1.22. The van der Waals surface area contributed by atoms with E-state index in [1.807, 2.05) is 12.3 Å². The van der Waals surface area contributed by atoms with E-state index in [9.17, 15) is 0 Å². The van der Waals surface area contributed by atoms with Gasteiger partial charge in [0.2, 0.25) is 0 Å². The van der Waals surface area contributed by atoms with Crippen LogP contribution in [0.1, 0.15) is 0 Å². The molecule has 0 aliphatic carbocycles. The van der Waals surface area contributed by atoms with E-state index in [-0.39, 0.29) is 27.3 Å². The van der Waals surface area contributed by atoms with Gasteiger partial charge in [0.25, 0.3) is 0 Å². The number of hydrogen-bond donors (Lipinski definition) is 1. The molecule has 3 nitrogen and oxygen atoms in total. The first-order valence-corrected chi connectivity index (χ1v) is 2.70. The first-order chi connectivity index (χ1) is 4.47. The van der Waals surface area contributed by atoms with Gasteiger partial charge in [-0.1, -0.05) is 0 Å². The smallest absolute Gasteiger partial charge is 0.116 e. The number of hydrogen-bond acceptors (Lipinski definition) is 2. The second kappa shape index (κ2) is 3.09. The van der Waals surface area contributed by atoms with Crippen LogP contribution < -0.4 is 0 Å². The first kappa shape index (κ1) is 7.65. The molecule has 0 bridgehead atoms. The van der Waals surface area contributed by atoms with Gasteiger partial charge >= 0.3 is 0 Å². The molecule has 0 spiro atoms. The molecule has 4 heteroatoms. The van der Waals surface area contributed by atoms with Crippen LogP contribution in [0, 0.1) is 0 Å². The molecule has 2 rings (SSSR count). The summed E-state index contributed by atoms with van der Waals surface area (Å²) in [7, 11) is 0. The Hall–Kier alpha value is -0.458. The Balaban J connectivity index is 0.000000500. The zero-order valence-corrected chi connectivity index (χ0v) is 9.09. The van der Waals surface area contributed by atoms with Crippen molar-refractivity contribution in [3.8, 4) is 0 Å². The molecule has 0 saturated heterocycles. The Morgan fingerprint density at radius 3 is 3.10 bits per heavy atom. The van der Waals surface area contributed by atoms with E-state index in [4.69, 9.17) is 0 Å². The van der Waals surface area contributed by atoms with Crippen molar-refractivity contribution in [3.05, 3.63) is 24.8 Å². The monoisotopic (exact) mass is 327 g/mol. The summed E-state index contributed by atoms with van der Waals surface area (Å²) in [6.45, 7) is 0. The Morgan fingerprint density at radius 1 is 1.40 bits per heavy atom. The van der Waals surface area contributed by atoms with Crippen LogP contribution in [0.2, 0.25) is 0 Å². The van der Waals surface area contributed by atoms with Gasteiger partial charge in [0, 0.05) is 33.5 Å². The van der Waals surface area contributed by atoms with Crippen molar-refractivity contribution in [2.24, 2.45) is 0 Å². The molecule has 0 aliphatic heterocycles. The molecular formula is C6H5N3Pb. The van der Waals surface area contributed by atoms with Crippen LogP contribution in [-0.4, -0.2) is 42.3 Å². The maximum Gasteiger partial charge on any atom is 0.116 e. The average Bonchev–Trinajstić information content (AvgIpc) is 2.33. The molecule has 2 aromatic rings. The number of nitrogens with zero attached hydrogens (tertiary/aromatic N) is 2. The molecule has 2 aromatic heterocycles. The van der Waals surface area contributed by atoms with E-state index in [0.717, 1.165) is 11.0 Å². The summed E-state index contributed by atoms with van der Waals surface area (Å²) in [5, 5.41) is 0. The zero-order valence-electron chi connectivity index (χ0n) is 5.20. The number of H-pyrrole nitrogens is 1. The van der Waals surface area contributed by atoms with Crippen molar-refractivity contribution in [2.75, 3.05) is 0 Å². The predicted molar refractivity (Wildman–Crippen MR) is 39.6 cm³/mol. The fraction of sp³-hybridized carbons (Fsp3) is 0. The van der Waals surface area contributed by atoms with Crippen molar-refractivity contribution in [3.63, 3.8) is 0 Å². The van der Waals surface area contributed by atoms with Crippen molar-refractivity contribution in [1.82, 2.24) is 15.0 Å². The molecule has 10 heavy (non-hydrogen) atoms. The molecule has 0 saturated carbocycles. The second-order valence-electron chi connectivity index (χ2n) is 1.80. The maximum absolute atomic E-state index is 4.00. The molecule has 0 atom stereocenters. The second-order valence-corrected chi connectivity index (χ2v) is 1.80. The minimum absolute atomic E-state index is 0. The van der Waals surface area contributed by atoms with Crippen molar-refractivity contribution in [2.45, 2.75) is 0 Å². The van der Waals surface area contributed by atoms with Gasteiger partial charge in [-0.05, 0) is 6.07 Å². The summed E-state index contributed by atoms with van der Waals surface area (Å²) in [5.74, 6) is 0. The van der Waals surface area contributed by atoms with Crippen molar-refractivity contribution < 1.29 is 0 Å². The van der Waals surface area contributed by atoms with Crippen LogP contribution >= 0.6 is 0 Å². The van der Waals surface area contributed by atoms with Crippen LogP contribution in [0.3, 0.4) is 0 Å². The van der Waals surface area contributed by atoms with Gasteiger partial charge in [-0.3, -0.25) is 0 Å². The van der Waals surface area contributed by atoms with Crippen LogP contribution in [0.15, 0.2) is 24.8 Å². The van der Waals surface area contributed by atoms with Gasteiger partial charge < -0.3 is 4.98 Å². The topological polar surface area (TPSA) is 41.6 Å². The van der Waals surface area contributed by atoms with E-state index in [1.54, 1.807) is 6.20 Å². The number of nitrogens with one attached hydrogen (secondary N) is 1. The third kappa shape index (κ3) is 1.18. The molecular weight excluding hydrogens is 321 g/mol. The van der Waals surface area contributed by atoms with Crippen LogP contribution in [0.4, 0.5) is 0 Å². The summed E-state index contributed by atoms with van der Waals surface area (Å²) < 4.78 is 0. The van der Waals surface area contributed by atoms with Gasteiger partial charge in [0.15, 0.2) is 0 Å². The quantitative estimate of drug-likeness (QED) is 0.720. The summed E-state index contributed by atoms with van der Waals surface area (Å²) >= 11 is 0.